The van der Waals surface area contributed by atoms with Crippen LogP contribution in [0.15, 0.2) is 65.9 Å². The van der Waals surface area contributed by atoms with E-state index < -0.39 is 0 Å². The number of aryl methyl sites for hydroxylation is 2. The lowest BCUT2D eigenvalue weighted by Gasteiger charge is -2.10. The maximum Gasteiger partial charge on any atom is 0.189 e. The van der Waals surface area contributed by atoms with Gasteiger partial charge in [0.15, 0.2) is 17.5 Å². The molecule has 1 heterocycles. The first kappa shape index (κ1) is 20.3. The monoisotopic (exact) mass is 393 g/mol. The van der Waals surface area contributed by atoms with Crippen molar-refractivity contribution >= 4 is 5.96 Å². The molecule has 0 fully saturated rings. The fourth-order valence-corrected chi connectivity index (χ4v) is 2.99. The van der Waals surface area contributed by atoms with Gasteiger partial charge in [-0.3, -0.25) is 0 Å². The summed E-state index contributed by atoms with van der Waals surface area (Å²) in [5.74, 6) is 2.66. The number of nitrogens with one attached hydrogen (secondary N) is 1. The van der Waals surface area contributed by atoms with E-state index in [1.54, 1.807) is 20.4 Å². The standard InChI is InChI=1S/C22H27N5O2/c1-28-19-9-8-18(14-20(19)29-2)15-25-22(23)26-16-21-24-11-13-27(21)12-10-17-6-4-3-5-7-17/h3-9,11,13-14H,10,12,15-16H2,1-2H3,(H3,23,25,26). The van der Waals surface area contributed by atoms with Crippen LogP contribution in [0.3, 0.4) is 0 Å². The molecule has 7 heteroatoms. The zero-order chi connectivity index (χ0) is 20.5. The van der Waals surface area contributed by atoms with E-state index in [0.29, 0.717) is 30.5 Å². The summed E-state index contributed by atoms with van der Waals surface area (Å²) in [5, 5.41) is 3.13. The van der Waals surface area contributed by atoms with Crippen LogP contribution in [0, 0.1) is 0 Å². The predicted molar refractivity (Wildman–Crippen MR) is 114 cm³/mol. The van der Waals surface area contributed by atoms with Crippen LogP contribution < -0.4 is 20.5 Å². The summed E-state index contributed by atoms with van der Waals surface area (Å²) in [5.41, 5.74) is 8.31. The van der Waals surface area contributed by atoms with Gasteiger partial charge in [0.2, 0.25) is 0 Å². The smallest absolute Gasteiger partial charge is 0.189 e. The predicted octanol–water partition coefficient (Wildman–Crippen LogP) is 2.75. The number of hydrogen-bond acceptors (Lipinski definition) is 4. The molecule has 0 radical (unpaired) electrons. The molecule has 3 aromatic rings. The van der Waals surface area contributed by atoms with Crippen LogP contribution in [0.4, 0.5) is 0 Å². The molecule has 0 saturated carbocycles. The summed E-state index contributed by atoms with van der Waals surface area (Å²) in [6.45, 7) is 1.83. The molecule has 7 nitrogen and oxygen atoms in total. The second-order valence-corrected chi connectivity index (χ2v) is 6.52. The van der Waals surface area contributed by atoms with Crippen LogP contribution in [-0.2, 0) is 26.1 Å². The quantitative estimate of drug-likeness (QED) is 0.431. The molecule has 0 bridgehead atoms. The average molecular weight is 393 g/mol. The van der Waals surface area contributed by atoms with Gasteiger partial charge in [-0.2, -0.15) is 0 Å². The summed E-state index contributed by atoms with van der Waals surface area (Å²) in [4.78, 5) is 8.82. The minimum absolute atomic E-state index is 0.373. The molecular weight excluding hydrogens is 366 g/mol. The molecule has 152 valence electrons. The first-order chi connectivity index (χ1) is 14.2. The fourth-order valence-electron chi connectivity index (χ4n) is 2.99. The van der Waals surface area contributed by atoms with Gasteiger partial charge in [-0.05, 0) is 29.7 Å². The summed E-state index contributed by atoms with van der Waals surface area (Å²) in [6.07, 6.45) is 4.74. The third-order valence-electron chi connectivity index (χ3n) is 4.59. The van der Waals surface area contributed by atoms with Crippen LogP contribution in [0.2, 0.25) is 0 Å². The van der Waals surface area contributed by atoms with E-state index in [4.69, 9.17) is 15.2 Å². The minimum Gasteiger partial charge on any atom is -0.493 e. The average Bonchev–Trinajstić information content (AvgIpc) is 3.22. The molecule has 3 rings (SSSR count). The Hall–Kier alpha value is -3.48. The van der Waals surface area contributed by atoms with Gasteiger partial charge in [-0.15, -0.1) is 0 Å². The molecule has 0 aliphatic carbocycles. The Morgan fingerprint density at radius 2 is 1.86 bits per heavy atom. The minimum atomic E-state index is 0.373. The highest BCUT2D eigenvalue weighted by atomic mass is 16.5. The Morgan fingerprint density at radius 1 is 1.07 bits per heavy atom. The lowest BCUT2D eigenvalue weighted by Crippen LogP contribution is -2.32. The van der Waals surface area contributed by atoms with Crippen molar-refractivity contribution in [1.29, 1.82) is 0 Å². The number of hydrogen-bond donors (Lipinski definition) is 2. The van der Waals surface area contributed by atoms with Crippen molar-refractivity contribution in [2.24, 2.45) is 10.7 Å². The Labute approximate surface area is 171 Å². The summed E-state index contributed by atoms with van der Waals surface area (Å²) in [7, 11) is 3.22. The van der Waals surface area contributed by atoms with Crippen LogP contribution in [0.1, 0.15) is 17.0 Å². The van der Waals surface area contributed by atoms with E-state index in [9.17, 15) is 0 Å². The molecule has 0 aliphatic rings. The lowest BCUT2D eigenvalue weighted by atomic mass is 10.1. The summed E-state index contributed by atoms with van der Waals surface area (Å²) < 4.78 is 12.7. The second-order valence-electron chi connectivity index (χ2n) is 6.52. The Morgan fingerprint density at radius 3 is 2.62 bits per heavy atom. The Bertz CT molecular complexity index is 937. The number of rotatable bonds is 9. The molecule has 0 unspecified atom stereocenters. The van der Waals surface area contributed by atoms with Gasteiger partial charge >= 0.3 is 0 Å². The number of nitrogens with zero attached hydrogens (tertiary/aromatic N) is 3. The van der Waals surface area contributed by atoms with Gasteiger partial charge in [-0.25, -0.2) is 9.98 Å². The van der Waals surface area contributed by atoms with Gasteiger partial charge in [0.05, 0.1) is 27.3 Å². The number of benzene rings is 2. The Kier molecular flexibility index (Phi) is 7.10. The number of guanidine groups is 1. The SMILES string of the molecule is COc1ccc(CN=C(N)NCc2nccn2CCc2ccccc2)cc1OC. The first-order valence-corrected chi connectivity index (χ1v) is 9.48. The summed E-state index contributed by atoms with van der Waals surface area (Å²) in [6, 6.07) is 16.1. The van der Waals surface area contributed by atoms with E-state index >= 15 is 0 Å². The molecule has 0 amide bonds. The van der Waals surface area contributed by atoms with E-state index in [0.717, 1.165) is 24.4 Å². The highest BCUT2D eigenvalue weighted by Crippen LogP contribution is 2.27. The second kappa shape index (κ2) is 10.2. The maximum absolute atomic E-state index is 6.03. The van der Waals surface area contributed by atoms with E-state index in [-0.39, 0.29) is 0 Å². The van der Waals surface area contributed by atoms with Gasteiger partial charge in [0, 0.05) is 18.9 Å². The molecule has 0 saturated heterocycles. The van der Waals surface area contributed by atoms with Crippen LogP contribution in [0.5, 0.6) is 11.5 Å². The molecule has 29 heavy (non-hydrogen) atoms. The lowest BCUT2D eigenvalue weighted by molar-refractivity contribution is 0.354. The van der Waals surface area contributed by atoms with Crippen molar-refractivity contribution in [3.05, 3.63) is 77.9 Å². The van der Waals surface area contributed by atoms with Crippen molar-refractivity contribution in [2.75, 3.05) is 14.2 Å². The number of nitrogens with two attached hydrogens (primary N) is 1. The topological polar surface area (TPSA) is 86.7 Å². The van der Waals surface area contributed by atoms with Crippen molar-refractivity contribution in [2.45, 2.75) is 26.1 Å². The number of ether oxygens (including phenoxy) is 2. The van der Waals surface area contributed by atoms with Crippen LogP contribution >= 0.6 is 0 Å². The van der Waals surface area contributed by atoms with Crippen molar-refractivity contribution in [3.63, 3.8) is 0 Å². The van der Waals surface area contributed by atoms with E-state index in [1.807, 2.05) is 30.5 Å². The third-order valence-corrected chi connectivity index (χ3v) is 4.59. The highest BCUT2D eigenvalue weighted by molar-refractivity contribution is 5.77. The highest BCUT2D eigenvalue weighted by Gasteiger charge is 2.06. The number of imidazole rings is 1. The molecule has 2 aromatic carbocycles. The number of methoxy groups -OCH3 is 2. The molecule has 0 spiro atoms. The molecule has 3 N–H and O–H groups in total. The first-order valence-electron chi connectivity index (χ1n) is 9.48. The van der Waals surface area contributed by atoms with Crippen molar-refractivity contribution < 1.29 is 9.47 Å². The normalized spacial score (nSPS) is 11.3. The van der Waals surface area contributed by atoms with E-state index in [2.05, 4.69) is 44.1 Å². The third kappa shape index (κ3) is 5.75. The van der Waals surface area contributed by atoms with Crippen LogP contribution in [0.25, 0.3) is 0 Å². The number of aliphatic imine (C=N–C) groups is 1. The maximum atomic E-state index is 6.03. The van der Waals surface area contributed by atoms with Gasteiger partial charge < -0.3 is 25.1 Å². The summed E-state index contributed by atoms with van der Waals surface area (Å²) >= 11 is 0. The van der Waals surface area contributed by atoms with Crippen molar-refractivity contribution in [3.8, 4) is 11.5 Å². The largest absolute Gasteiger partial charge is 0.493 e. The molecule has 1 aromatic heterocycles. The molecule has 0 aliphatic heterocycles. The van der Waals surface area contributed by atoms with Crippen molar-refractivity contribution in [1.82, 2.24) is 14.9 Å². The van der Waals surface area contributed by atoms with Gasteiger partial charge in [-0.1, -0.05) is 36.4 Å². The zero-order valence-electron chi connectivity index (χ0n) is 16.8. The van der Waals surface area contributed by atoms with Gasteiger partial charge in [0.25, 0.3) is 0 Å². The van der Waals surface area contributed by atoms with E-state index in [1.165, 1.54) is 5.56 Å². The molecular formula is C22H27N5O2. The van der Waals surface area contributed by atoms with Gasteiger partial charge in [0.1, 0.15) is 5.82 Å². The Balaban J connectivity index is 1.53. The number of aromatic nitrogens is 2. The zero-order valence-corrected chi connectivity index (χ0v) is 16.8. The molecule has 0 atom stereocenters. The fraction of sp³-hybridized carbons (Fsp3) is 0.273. The van der Waals surface area contributed by atoms with Crippen LogP contribution in [-0.4, -0.2) is 29.7 Å².